The van der Waals surface area contributed by atoms with E-state index in [1.807, 2.05) is 24.3 Å². The van der Waals surface area contributed by atoms with E-state index in [0.29, 0.717) is 12.2 Å². The summed E-state index contributed by atoms with van der Waals surface area (Å²) in [7, 11) is 1.61. The molecule has 5 nitrogen and oxygen atoms in total. The van der Waals surface area contributed by atoms with Gasteiger partial charge in [-0.3, -0.25) is 10.1 Å². The van der Waals surface area contributed by atoms with E-state index in [2.05, 4.69) is 0 Å². The molecule has 0 heterocycles. The second-order valence-corrected chi connectivity index (χ2v) is 4.79. The Labute approximate surface area is 127 Å². The predicted molar refractivity (Wildman–Crippen MR) is 79.6 cm³/mol. The number of ether oxygens (including phenoxy) is 2. The van der Waals surface area contributed by atoms with Crippen molar-refractivity contribution in [2.45, 2.75) is 13.2 Å². The quantitative estimate of drug-likeness (QED) is 0.598. The standard InChI is InChI=1S/C15H14ClNO4/c1-20-13-5-2-11(3-6-13)9-21-10-12-4-7-14(16)15(8-12)17(18)19/h2-8H,9-10H2,1H3. The first kappa shape index (κ1) is 15.3. The normalized spacial score (nSPS) is 10.4. The molecule has 2 rings (SSSR count). The number of halogens is 1. The van der Waals surface area contributed by atoms with Crippen molar-refractivity contribution in [3.8, 4) is 5.75 Å². The number of nitro groups is 1. The highest BCUT2D eigenvalue weighted by Crippen LogP contribution is 2.25. The minimum Gasteiger partial charge on any atom is -0.497 e. The minimum absolute atomic E-state index is 0.109. The van der Waals surface area contributed by atoms with E-state index >= 15 is 0 Å². The summed E-state index contributed by atoms with van der Waals surface area (Å²) in [6.45, 7) is 0.699. The first-order chi connectivity index (χ1) is 10.1. The maximum atomic E-state index is 10.8. The van der Waals surface area contributed by atoms with Gasteiger partial charge in [0.2, 0.25) is 0 Å². The van der Waals surface area contributed by atoms with E-state index in [4.69, 9.17) is 21.1 Å². The molecule has 0 bridgehead atoms. The molecule has 2 aromatic carbocycles. The van der Waals surface area contributed by atoms with Crippen LogP contribution >= 0.6 is 11.6 Å². The van der Waals surface area contributed by atoms with Crippen LogP contribution in [0.3, 0.4) is 0 Å². The monoisotopic (exact) mass is 307 g/mol. The third-order valence-electron chi connectivity index (χ3n) is 2.90. The lowest BCUT2D eigenvalue weighted by molar-refractivity contribution is -0.384. The molecule has 0 unspecified atom stereocenters. The van der Waals surface area contributed by atoms with Crippen LogP contribution in [0, 0.1) is 10.1 Å². The largest absolute Gasteiger partial charge is 0.497 e. The van der Waals surface area contributed by atoms with Gasteiger partial charge in [-0.2, -0.15) is 0 Å². The molecule has 6 heteroatoms. The average molecular weight is 308 g/mol. The van der Waals surface area contributed by atoms with Crippen LogP contribution < -0.4 is 4.74 Å². The molecule has 0 saturated heterocycles. The molecular weight excluding hydrogens is 294 g/mol. The highest BCUT2D eigenvalue weighted by atomic mass is 35.5. The summed E-state index contributed by atoms with van der Waals surface area (Å²) in [5.41, 5.74) is 1.60. The van der Waals surface area contributed by atoms with Crippen LogP contribution in [0.25, 0.3) is 0 Å². The van der Waals surface area contributed by atoms with E-state index in [0.717, 1.165) is 11.3 Å². The summed E-state index contributed by atoms with van der Waals surface area (Å²) < 4.78 is 10.6. The minimum atomic E-state index is -0.505. The fraction of sp³-hybridized carbons (Fsp3) is 0.200. The van der Waals surface area contributed by atoms with Crippen LogP contribution in [0.5, 0.6) is 5.75 Å². The number of hydrogen-bond donors (Lipinski definition) is 0. The summed E-state index contributed by atoms with van der Waals surface area (Å²) in [6, 6.07) is 12.2. The zero-order valence-corrected chi connectivity index (χ0v) is 12.2. The highest BCUT2D eigenvalue weighted by Gasteiger charge is 2.12. The Bertz CT molecular complexity index is 628. The fourth-order valence-corrected chi connectivity index (χ4v) is 1.98. The van der Waals surface area contributed by atoms with Gasteiger partial charge in [-0.15, -0.1) is 0 Å². The average Bonchev–Trinajstić information content (AvgIpc) is 2.49. The highest BCUT2D eigenvalue weighted by molar-refractivity contribution is 6.32. The van der Waals surface area contributed by atoms with E-state index < -0.39 is 4.92 Å². The number of hydrogen-bond acceptors (Lipinski definition) is 4. The molecule has 0 N–H and O–H groups in total. The van der Waals surface area contributed by atoms with Crippen molar-refractivity contribution in [2.24, 2.45) is 0 Å². The third kappa shape index (κ3) is 4.18. The first-order valence-electron chi connectivity index (χ1n) is 6.23. The maximum Gasteiger partial charge on any atom is 0.288 e. The van der Waals surface area contributed by atoms with Gasteiger partial charge in [-0.05, 0) is 29.3 Å². The molecule has 21 heavy (non-hydrogen) atoms. The Morgan fingerprint density at radius 3 is 2.33 bits per heavy atom. The van der Waals surface area contributed by atoms with E-state index in [9.17, 15) is 10.1 Å². The van der Waals surface area contributed by atoms with Crippen LogP contribution in [-0.4, -0.2) is 12.0 Å². The van der Waals surface area contributed by atoms with Crippen LogP contribution in [0.2, 0.25) is 5.02 Å². The molecule has 0 aliphatic carbocycles. The maximum absolute atomic E-state index is 10.8. The van der Waals surface area contributed by atoms with Crippen molar-refractivity contribution in [3.05, 3.63) is 68.7 Å². The Morgan fingerprint density at radius 2 is 1.71 bits per heavy atom. The topological polar surface area (TPSA) is 61.6 Å². The van der Waals surface area contributed by atoms with Gasteiger partial charge in [0.1, 0.15) is 10.8 Å². The van der Waals surface area contributed by atoms with Crippen molar-refractivity contribution >= 4 is 17.3 Å². The van der Waals surface area contributed by atoms with E-state index in [-0.39, 0.29) is 17.3 Å². The molecule has 2 aromatic rings. The fourth-order valence-electron chi connectivity index (χ4n) is 1.80. The Hall–Kier alpha value is -2.11. The van der Waals surface area contributed by atoms with Crippen LogP contribution in [-0.2, 0) is 18.0 Å². The smallest absolute Gasteiger partial charge is 0.288 e. The number of benzene rings is 2. The van der Waals surface area contributed by atoms with Crippen molar-refractivity contribution in [1.29, 1.82) is 0 Å². The van der Waals surface area contributed by atoms with Crippen molar-refractivity contribution in [1.82, 2.24) is 0 Å². The lowest BCUT2D eigenvalue weighted by Crippen LogP contribution is -1.96. The lowest BCUT2D eigenvalue weighted by Gasteiger charge is -2.06. The molecule has 0 amide bonds. The second-order valence-electron chi connectivity index (χ2n) is 4.38. The third-order valence-corrected chi connectivity index (χ3v) is 3.22. The number of rotatable bonds is 6. The molecule has 0 aliphatic heterocycles. The summed E-state index contributed by atoms with van der Waals surface area (Å²) in [6.07, 6.45) is 0. The summed E-state index contributed by atoms with van der Waals surface area (Å²) >= 11 is 5.76. The van der Waals surface area contributed by atoms with Gasteiger partial charge in [-0.25, -0.2) is 0 Å². The second kappa shape index (κ2) is 7.06. The molecule has 0 spiro atoms. The van der Waals surface area contributed by atoms with Crippen LogP contribution in [0.1, 0.15) is 11.1 Å². The zero-order chi connectivity index (χ0) is 15.2. The molecule has 0 aliphatic rings. The van der Waals surface area contributed by atoms with Crippen molar-refractivity contribution in [3.63, 3.8) is 0 Å². The zero-order valence-electron chi connectivity index (χ0n) is 11.4. The molecule has 0 saturated carbocycles. The summed E-state index contributed by atoms with van der Waals surface area (Å²) in [4.78, 5) is 10.3. The van der Waals surface area contributed by atoms with E-state index in [1.165, 1.54) is 12.1 Å². The molecule has 110 valence electrons. The molecule has 0 atom stereocenters. The number of methoxy groups -OCH3 is 1. The van der Waals surface area contributed by atoms with Gasteiger partial charge in [0, 0.05) is 6.07 Å². The van der Waals surface area contributed by atoms with Gasteiger partial charge in [-0.1, -0.05) is 29.8 Å². The van der Waals surface area contributed by atoms with E-state index in [1.54, 1.807) is 13.2 Å². The Kier molecular flexibility index (Phi) is 5.14. The lowest BCUT2D eigenvalue weighted by atomic mass is 10.2. The molecule has 0 fully saturated rings. The predicted octanol–water partition coefficient (Wildman–Crippen LogP) is 3.97. The summed E-state index contributed by atoms with van der Waals surface area (Å²) in [5.74, 6) is 0.784. The Balaban J connectivity index is 1.93. The summed E-state index contributed by atoms with van der Waals surface area (Å²) in [5, 5.41) is 10.9. The molecule has 0 radical (unpaired) electrons. The van der Waals surface area contributed by atoms with Gasteiger partial charge >= 0.3 is 0 Å². The van der Waals surface area contributed by atoms with Gasteiger partial charge in [0.25, 0.3) is 5.69 Å². The number of nitrogens with zero attached hydrogens (tertiary/aromatic N) is 1. The molecule has 0 aromatic heterocycles. The van der Waals surface area contributed by atoms with Crippen LogP contribution in [0.15, 0.2) is 42.5 Å². The van der Waals surface area contributed by atoms with Gasteiger partial charge < -0.3 is 9.47 Å². The van der Waals surface area contributed by atoms with Crippen molar-refractivity contribution < 1.29 is 14.4 Å². The molecular formula is C15H14ClNO4. The Morgan fingerprint density at radius 1 is 1.10 bits per heavy atom. The van der Waals surface area contributed by atoms with Gasteiger partial charge in [0.05, 0.1) is 25.2 Å². The van der Waals surface area contributed by atoms with Gasteiger partial charge in [0.15, 0.2) is 0 Å². The number of nitro benzene ring substituents is 1. The van der Waals surface area contributed by atoms with Crippen LogP contribution in [0.4, 0.5) is 5.69 Å². The first-order valence-corrected chi connectivity index (χ1v) is 6.61. The van der Waals surface area contributed by atoms with Crippen molar-refractivity contribution in [2.75, 3.05) is 7.11 Å². The SMILES string of the molecule is COc1ccc(COCc2ccc(Cl)c([N+](=O)[O-])c2)cc1.